The Morgan fingerprint density at radius 3 is 1.70 bits per heavy atom. The van der Waals surface area contributed by atoms with E-state index in [-0.39, 0.29) is 65.5 Å². The Bertz CT molecular complexity index is 1170. The molecule has 0 N–H and O–H groups in total. The summed E-state index contributed by atoms with van der Waals surface area (Å²) in [6.45, 7) is 2.49. The number of carbonyl (C=O) groups is 2. The van der Waals surface area contributed by atoms with E-state index in [1.807, 2.05) is 0 Å². The molecule has 0 aromatic heterocycles. The van der Waals surface area contributed by atoms with Crippen LogP contribution in [0.4, 0.5) is 0 Å². The number of unbranched alkanes of at least 4 members (excludes halogenated alkanes) is 8. The van der Waals surface area contributed by atoms with Gasteiger partial charge in [-0.2, -0.15) is 0 Å². The van der Waals surface area contributed by atoms with Crippen LogP contribution in [0.2, 0.25) is 0 Å². The zero-order valence-electron chi connectivity index (χ0n) is 23.8. The van der Waals surface area contributed by atoms with Gasteiger partial charge in [0.05, 0.1) is 14.4 Å². The fourth-order valence-corrected chi connectivity index (χ4v) is 3.06. The van der Waals surface area contributed by atoms with E-state index in [4.69, 9.17) is 9.47 Å². The average Bonchev–Trinajstić information content (AvgIpc) is 2.87. The normalized spacial score (nSPS) is 9.40. The second-order valence-electron chi connectivity index (χ2n) is 7.66. The van der Waals surface area contributed by atoms with Gasteiger partial charge in [-0.25, -0.2) is 4.79 Å². The van der Waals surface area contributed by atoms with Crippen molar-refractivity contribution >= 4 is 19.8 Å². The van der Waals surface area contributed by atoms with Crippen molar-refractivity contribution in [1.82, 2.24) is 0 Å². The molecule has 0 heterocycles. The Morgan fingerprint density at radius 1 is 0.725 bits per heavy atom. The van der Waals surface area contributed by atoms with Crippen LogP contribution >= 0.6 is 7.82 Å². The first-order valence-electron chi connectivity index (χ1n) is 12.2. The molecule has 1 atom stereocenters. The van der Waals surface area contributed by atoms with Crippen molar-refractivity contribution in [2.75, 3.05) is 13.2 Å². The minimum absolute atomic E-state index is 0. The van der Waals surface area contributed by atoms with Crippen molar-refractivity contribution in [2.45, 2.75) is 84.2 Å². The molecule has 0 spiro atoms. The number of phosphoric ester groups is 1. The molecule has 0 aromatic rings. The Balaban J connectivity index is -0.00000684. The summed E-state index contributed by atoms with van der Waals surface area (Å²) >= 11 is 0. The minimum atomic E-state index is -5.31. The third-order valence-electron chi connectivity index (χ3n) is 4.45. The number of ether oxygens (including phenoxy) is 2. The molecule has 0 rings (SSSR count). The number of hydrogen-bond donors (Lipinski definition) is 0. The third kappa shape index (κ3) is 32.6. The smallest absolute Gasteiger partial charge is 0.790 e. The van der Waals surface area contributed by atoms with E-state index in [1.165, 1.54) is 32.1 Å². The fourth-order valence-electron chi connectivity index (χ4n) is 2.71. The van der Waals surface area contributed by atoms with Gasteiger partial charge in [0.15, 0.2) is 6.10 Å². The van der Waals surface area contributed by atoms with E-state index >= 15 is 0 Å². The number of phosphoric acid groups is 1. The van der Waals surface area contributed by atoms with Gasteiger partial charge in [0.25, 0.3) is 0 Å². The molecular weight excluding hydrogens is 553 g/mol. The summed E-state index contributed by atoms with van der Waals surface area (Å²) in [5, 5.41) is 0. The minimum Gasteiger partial charge on any atom is -0.790 e. The molecule has 0 aliphatic rings. The van der Waals surface area contributed by atoms with Crippen LogP contribution < -0.4 is 68.9 Å². The van der Waals surface area contributed by atoms with Crippen LogP contribution in [0, 0.1) is 71.0 Å². The largest absolute Gasteiger partial charge is 1.00 e. The second kappa shape index (κ2) is 30.4. The van der Waals surface area contributed by atoms with Gasteiger partial charge in [-0.15, -0.1) is 0 Å². The predicted octanol–water partition coefficient (Wildman–Crippen LogP) is -3.74. The van der Waals surface area contributed by atoms with E-state index in [0.29, 0.717) is 6.42 Å². The van der Waals surface area contributed by atoms with Crippen LogP contribution in [-0.2, 0) is 28.2 Å². The monoisotopic (exact) mass is 584 g/mol. The summed E-state index contributed by atoms with van der Waals surface area (Å²) in [4.78, 5) is 45.4. The zero-order chi connectivity index (χ0) is 28.3. The Kier molecular flexibility index (Phi) is 32.6. The summed E-state index contributed by atoms with van der Waals surface area (Å²) < 4.78 is 24.9. The van der Waals surface area contributed by atoms with Crippen molar-refractivity contribution in [3.8, 4) is 71.0 Å². The van der Waals surface area contributed by atoms with Gasteiger partial charge in [0, 0.05) is 12.3 Å². The molecule has 8 nitrogen and oxygen atoms in total. The number of hydrogen-bond acceptors (Lipinski definition) is 8. The molecule has 0 saturated heterocycles. The number of rotatable bonds is 16. The SMILES string of the molecule is CC#CC#CC#CC#CC#CC#CC(=O)OC[C@@H](COP(=O)([O-])[O-])OC(=O)CCCCCCCCCCC.[Na+].[Na+]. The Morgan fingerprint density at radius 2 is 1.20 bits per heavy atom. The molecule has 202 valence electrons. The van der Waals surface area contributed by atoms with Gasteiger partial charge >= 0.3 is 71.1 Å². The van der Waals surface area contributed by atoms with Gasteiger partial charge in [-0.05, 0) is 72.5 Å². The Hall–Kier alpha value is -1.59. The van der Waals surface area contributed by atoms with Crippen molar-refractivity contribution in [1.29, 1.82) is 0 Å². The molecule has 0 saturated carbocycles. The fraction of sp³-hybridized carbons (Fsp3) is 0.517. The first-order valence-corrected chi connectivity index (χ1v) is 13.7. The van der Waals surface area contributed by atoms with Crippen molar-refractivity contribution in [2.24, 2.45) is 0 Å². The zero-order valence-corrected chi connectivity index (χ0v) is 28.7. The number of carbonyl (C=O) groups excluding carboxylic acids is 2. The number of esters is 2. The van der Waals surface area contributed by atoms with Crippen LogP contribution in [-0.4, -0.2) is 31.3 Å². The molecule has 0 aliphatic carbocycles. The molecular formula is C29H31Na2O8P. The maximum Gasteiger partial charge on any atom is 1.00 e. The molecule has 0 bridgehead atoms. The molecule has 0 radical (unpaired) electrons. The molecule has 0 amide bonds. The molecule has 11 heteroatoms. The summed E-state index contributed by atoms with van der Waals surface area (Å²) in [6.07, 6.45) is 8.45. The van der Waals surface area contributed by atoms with Gasteiger partial charge in [-0.3, -0.25) is 4.79 Å². The summed E-state index contributed by atoms with van der Waals surface area (Å²) in [5.74, 6) is 27.0. The van der Waals surface area contributed by atoms with Gasteiger partial charge in [-0.1, -0.05) is 64.2 Å². The first kappa shape index (κ1) is 42.9. The predicted molar refractivity (Wildman–Crippen MR) is 139 cm³/mol. The topological polar surface area (TPSA) is 125 Å². The molecule has 0 fully saturated rings. The molecule has 0 unspecified atom stereocenters. The molecule has 0 aromatic carbocycles. The van der Waals surface area contributed by atoms with Crippen molar-refractivity contribution < 1.29 is 97.1 Å². The van der Waals surface area contributed by atoms with Crippen molar-refractivity contribution in [3.05, 3.63) is 0 Å². The van der Waals surface area contributed by atoms with E-state index < -0.39 is 39.1 Å². The van der Waals surface area contributed by atoms with Crippen LogP contribution in [0.25, 0.3) is 0 Å². The molecule has 40 heavy (non-hydrogen) atoms. The average molecular weight is 585 g/mol. The van der Waals surface area contributed by atoms with Gasteiger partial charge in [0.1, 0.15) is 6.61 Å². The van der Waals surface area contributed by atoms with Crippen LogP contribution in [0.15, 0.2) is 0 Å². The Labute approximate surface area is 283 Å². The quantitative estimate of drug-likeness (QED) is 0.0453. The summed E-state index contributed by atoms with van der Waals surface area (Å²) in [7, 11) is -5.31. The van der Waals surface area contributed by atoms with Crippen LogP contribution in [0.5, 0.6) is 0 Å². The first-order chi connectivity index (χ1) is 18.3. The maximum atomic E-state index is 12.1. The summed E-state index contributed by atoms with van der Waals surface area (Å²) in [5.41, 5.74) is 0. The van der Waals surface area contributed by atoms with Crippen molar-refractivity contribution in [3.63, 3.8) is 0 Å². The molecule has 0 aliphatic heterocycles. The maximum absolute atomic E-state index is 12.1. The van der Waals surface area contributed by atoms with E-state index in [0.717, 1.165) is 19.3 Å². The van der Waals surface area contributed by atoms with Gasteiger partial charge in [0.2, 0.25) is 0 Å². The summed E-state index contributed by atoms with van der Waals surface area (Å²) in [6, 6.07) is 0. The van der Waals surface area contributed by atoms with Gasteiger partial charge < -0.3 is 28.3 Å². The van der Waals surface area contributed by atoms with E-state index in [2.05, 4.69) is 82.5 Å². The van der Waals surface area contributed by atoms with E-state index in [1.54, 1.807) is 6.92 Å². The second-order valence-corrected chi connectivity index (χ2v) is 8.81. The van der Waals surface area contributed by atoms with E-state index in [9.17, 15) is 23.9 Å². The van der Waals surface area contributed by atoms with Crippen LogP contribution in [0.3, 0.4) is 0 Å². The van der Waals surface area contributed by atoms with Crippen LogP contribution in [0.1, 0.15) is 78.1 Å². The standard InChI is InChI=1S/C29H33O8P.2Na/c1-3-5-7-9-11-13-14-16-17-19-21-23-28(30)35-25-27(26-36-38(32,33)34)37-29(31)24-22-20-18-15-12-10-8-6-4-2;;/h27H,4,6,8,10,12,15,18,20,22,24-26H2,1-2H3,(H2,32,33,34);;/q;2*+1/p-2/t27-;;/m0../s1. The third-order valence-corrected chi connectivity index (χ3v) is 4.92.